The van der Waals surface area contributed by atoms with Gasteiger partial charge >= 0.3 is 0 Å². The summed E-state index contributed by atoms with van der Waals surface area (Å²) in [5.74, 6) is -0.207. The lowest BCUT2D eigenvalue weighted by atomic mass is 10.0. The van der Waals surface area contributed by atoms with Crippen molar-refractivity contribution in [3.63, 3.8) is 0 Å². The van der Waals surface area contributed by atoms with Gasteiger partial charge in [0.05, 0.1) is 24.2 Å². The number of ether oxygens (including phenoxy) is 1. The molecule has 1 saturated heterocycles. The van der Waals surface area contributed by atoms with Gasteiger partial charge in [-0.2, -0.15) is 0 Å². The minimum absolute atomic E-state index is 0.00123. The van der Waals surface area contributed by atoms with Gasteiger partial charge in [0.15, 0.2) is 0 Å². The number of morpholine rings is 1. The molecule has 0 unspecified atom stereocenters. The van der Waals surface area contributed by atoms with Crippen LogP contribution >= 0.6 is 0 Å². The second-order valence-electron chi connectivity index (χ2n) is 7.32. The molecule has 1 fully saturated rings. The molecule has 2 aromatic carbocycles. The Labute approximate surface area is 177 Å². The number of carbonyl (C=O) groups excluding carboxylic acids is 1. The lowest BCUT2D eigenvalue weighted by Crippen LogP contribution is -2.46. The largest absolute Gasteiger partial charge is 0.379 e. The summed E-state index contributed by atoms with van der Waals surface area (Å²) in [6, 6.07) is 15.3. The quantitative estimate of drug-likeness (QED) is 0.580. The number of hydrogen-bond donors (Lipinski definition) is 3. The molecule has 0 bridgehead atoms. The topological polar surface area (TPSA) is 114 Å². The van der Waals surface area contributed by atoms with Crippen LogP contribution in [0.15, 0.2) is 59.5 Å². The van der Waals surface area contributed by atoms with Crippen LogP contribution in [0, 0.1) is 0 Å². The SMILES string of the molecule is C[C@@H](N[C@@H](CN1CCOCC1)c1ccccc1)C(=O)Nc1ccc(S(N)(=O)=O)cc1. The zero-order valence-corrected chi connectivity index (χ0v) is 17.8. The lowest BCUT2D eigenvalue weighted by molar-refractivity contribution is -0.118. The molecule has 0 aliphatic carbocycles. The molecular formula is C21H28N4O4S. The highest BCUT2D eigenvalue weighted by Crippen LogP contribution is 2.17. The summed E-state index contributed by atoms with van der Waals surface area (Å²) in [4.78, 5) is 15.0. The molecule has 1 heterocycles. The molecule has 30 heavy (non-hydrogen) atoms. The van der Waals surface area contributed by atoms with Gasteiger partial charge in [0, 0.05) is 31.4 Å². The van der Waals surface area contributed by atoms with Crippen LogP contribution in [0.25, 0.3) is 0 Å². The van der Waals surface area contributed by atoms with Crippen molar-refractivity contribution in [2.24, 2.45) is 5.14 Å². The summed E-state index contributed by atoms with van der Waals surface area (Å²) in [6.45, 7) is 5.74. The summed E-state index contributed by atoms with van der Waals surface area (Å²) in [5.41, 5.74) is 1.62. The predicted molar refractivity (Wildman–Crippen MR) is 115 cm³/mol. The highest BCUT2D eigenvalue weighted by atomic mass is 32.2. The number of benzene rings is 2. The highest BCUT2D eigenvalue weighted by molar-refractivity contribution is 7.89. The van der Waals surface area contributed by atoms with E-state index in [1.165, 1.54) is 24.3 Å². The average Bonchev–Trinajstić information content (AvgIpc) is 2.74. The lowest BCUT2D eigenvalue weighted by Gasteiger charge is -2.32. The van der Waals surface area contributed by atoms with E-state index < -0.39 is 16.1 Å². The molecule has 2 aromatic rings. The standard InChI is InChI=1S/C21H28N4O4S/c1-16(21(26)24-18-7-9-19(10-8-18)30(22,27)28)23-20(17-5-3-2-4-6-17)15-25-11-13-29-14-12-25/h2-10,16,20,23H,11-15H2,1H3,(H,24,26)(H2,22,27,28)/t16-,20+/m1/s1. The maximum Gasteiger partial charge on any atom is 0.241 e. The molecule has 162 valence electrons. The molecule has 8 nitrogen and oxygen atoms in total. The summed E-state index contributed by atoms with van der Waals surface area (Å²) < 4.78 is 28.2. The van der Waals surface area contributed by atoms with Gasteiger partial charge in [0.1, 0.15) is 0 Å². The second-order valence-corrected chi connectivity index (χ2v) is 8.88. The molecule has 1 aliphatic heterocycles. The number of sulfonamides is 1. The molecule has 9 heteroatoms. The molecule has 0 saturated carbocycles. The van der Waals surface area contributed by atoms with Crippen LogP contribution < -0.4 is 15.8 Å². The van der Waals surface area contributed by atoms with Gasteiger partial charge in [-0.25, -0.2) is 13.6 Å². The van der Waals surface area contributed by atoms with E-state index in [0.717, 1.165) is 25.2 Å². The van der Waals surface area contributed by atoms with Crippen molar-refractivity contribution >= 4 is 21.6 Å². The molecule has 1 aliphatic rings. The zero-order valence-electron chi connectivity index (χ0n) is 17.0. The monoisotopic (exact) mass is 432 g/mol. The number of nitrogens with zero attached hydrogens (tertiary/aromatic N) is 1. The van der Waals surface area contributed by atoms with Gasteiger partial charge in [0.25, 0.3) is 0 Å². The Morgan fingerprint density at radius 1 is 1.10 bits per heavy atom. The second kappa shape index (κ2) is 10.1. The number of nitrogens with one attached hydrogen (secondary N) is 2. The van der Waals surface area contributed by atoms with Crippen LogP contribution in [0.2, 0.25) is 0 Å². The number of carbonyl (C=O) groups is 1. The Balaban J connectivity index is 1.65. The van der Waals surface area contributed by atoms with Gasteiger partial charge < -0.3 is 10.1 Å². The molecule has 4 N–H and O–H groups in total. The fourth-order valence-corrected chi connectivity index (χ4v) is 3.85. The molecule has 1 amide bonds. The molecule has 2 atom stereocenters. The van der Waals surface area contributed by atoms with E-state index in [2.05, 4.69) is 27.7 Å². The maximum absolute atomic E-state index is 12.7. The number of rotatable bonds is 8. The average molecular weight is 433 g/mol. The van der Waals surface area contributed by atoms with E-state index in [-0.39, 0.29) is 16.8 Å². The van der Waals surface area contributed by atoms with Crippen molar-refractivity contribution in [1.29, 1.82) is 0 Å². The molecule has 0 aromatic heterocycles. The van der Waals surface area contributed by atoms with Crippen molar-refractivity contribution in [1.82, 2.24) is 10.2 Å². The number of hydrogen-bond acceptors (Lipinski definition) is 6. The van der Waals surface area contributed by atoms with Crippen LogP contribution in [0.5, 0.6) is 0 Å². The number of primary sulfonamides is 1. The van der Waals surface area contributed by atoms with E-state index in [4.69, 9.17) is 9.88 Å². The maximum atomic E-state index is 12.7. The number of anilines is 1. The van der Waals surface area contributed by atoms with Gasteiger partial charge in [-0.05, 0) is 36.8 Å². The van der Waals surface area contributed by atoms with Crippen molar-refractivity contribution in [2.75, 3.05) is 38.2 Å². The van der Waals surface area contributed by atoms with Crippen molar-refractivity contribution < 1.29 is 17.9 Å². The Morgan fingerprint density at radius 3 is 2.33 bits per heavy atom. The third-order valence-corrected chi connectivity index (χ3v) is 5.97. The summed E-state index contributed by atoms with van der Waals surface area (Å²) in [7, 11) is -3.76. The fraction of sp³-hybridized carbons (Fsp3) is 0.381. The third kappa shape index (κ3) is 6.35. The van der Waals surface area contributed by atoms with Crippen LogP contribution in [-0.4, -0.2) is 58.1 Å². The first-order valence-corrected chi connectivity index (χ1v) is 11.4. The van der Waals surface area contributed by atoms with Crippen LogP contribution in [0.4, 0.5) is 5.69 Å². The van der Waals surface area contributed by atoms with E-state index in [9.17, 15) is 13.2 Å². The van der Waals surface area contributed by atoms with E-state index >= 15 is 0 Å². The first-order chi connectivity index (χ1) is 14.3. The molecular weight excluding hydrogens is 404 g/mol. The predicted octanol–water partition coefficient (Wildman–Crippen LogP) is 1.32. The van der Waals surface area contributed by atoms with Crippen LogP contribution in [0.1, 0.15) is 18.5 Å². The van der Waals surface area contributed by atoms with Gasteiger partial charge in [0.2, 0.25) is 15.9 Å². The van der Waals surface area contributed by atoms with Gasteiger partial charge in [-0.3, -0.25) is 15.0 Å². The smallest absolute Gasteiger partial charge is 0.241 e. The van der Waals surface area contributed by atoms with Crippen LogP contribution in [0.3, 0.4) is 0 Å². The summed E-state index contributed by atoms with van der Waals surface area (Å²) in [6.07, 6.45) is 0. The Hall–Kier alpha value is -2.30. The van der Waals surface area contributed by atoms with E-state index in [1.54, 1.807) is 0 Å². The van der Waals surface area contributed by atoms with Gasteiger partial charge in [-0.1, -0.05) is 30.3 Å². The van der Waals surface area contributed by atoms with Crippen LogP contribution in [-0.2, 0) is 19.6 Å². The minimum atomic E-state index is -3.76. The first-order valence-electron chi connectivity index (χ1n) is 9.88. The number of nitrogens with two attached hydrogens (primary N) is 1. The number of amides is 1. The van der Waals surface area contributed by atoms with E-state index in [0.29, 0.717) is 18.9 Å². The normalized spacial score (nSPS) is 17.3. The van der Waals surface area contributed by atoms with Crippen molar-refractivity contribution in [3.8, 4) is 0 Å². The Bertz CT molecular complexity index is 929. The minimum Gasteiger partial charge on any atom is -0.379 e. The first kappa shape index (κ1) is 22.4. The highest BCUT2D eigenvalue weighted by Gasteiger charge is 2.23. The van der Waals surface area contributed by atoms with Crippen molar-refractivity contribution in [2.45, 2.75) is 23.9 Å². The zero-order chi connectivity index (χ0) is 21.6. The summed E-state index contributed by atoms with van der Waals surface area (Å²) in [5, 5.41) is 11.3. The Morgan fingerprint density at radius 2 is 1.73 bits per heavy atom. The fourth-order valence-electron chi connectivity index (χ4n) is 3.34. The van der Waals surface area contributed by atoms with Gasteiger partial charge in [-0.15, -0.1) is 0 Å². The van der Waals surface area contributed by atoms with Crippen molar-refractivity contribution in [3.05, 3.63) is 60.2 Å². The van der Waals surface area contributed by atoms with E-state index in [1.807, 2.05) is 25.1 Å². The molecule has 0 radical (unpaired) electrons. The third-order valence-electron chi connectivity index (χ3n) is 5.04. The molecule has 0 spiro atoms. The molecule has 3 rings (SSSR count). The summed E-state index contributed by atoms with van der Waals surface area (Å²) >= 11 is 0. The Kier molecular flexibility index (Phi) is 7.57.